The largest absolute Gasteiger partial charge is 0.393 e. The number of nitrogens with two attached hydrogens (primary N) is 1. The van der Waals surface area contributed by atoms with Crippen molar-refractivity contribution < 1.29 is 9.72 Å². The Labute approximate surface area is 98.0 Å². The Kier molecular flexibility index (Phi) is 2.49. The SMILES string of the molecule is CC1(NC(=O)c2ccc(N)c([N+](=O)[O-])c2)CC1. The van der Waals surface area contributed by atoms with Crippen LogP contribution >= 0.6 is 0 Å². The molecular formula is C11H13N3O3. The second-order valence-corrected chi connectivity index (χ2v) is 4.55. The quantitative estimate of drug-likeness (QED) is 0.470. The van der Waals surface area contributed by atoms with E-state index < -0.39 is 4.92 Å². The van der Waals surface area contributed by atoms with Gasteiger partial charge in [-0.05, 0) is 31.9 Å². The first-order chi connectivity index (χ1) is 7.91. The monoisotopic (exact) mass is 235 g/mol. The van der Waals surface area contributed by atoms with Crippen molar-refractivity contribution in [2.45, 2.75) is 25.3 Å². The Bertz CT molecular complexity index is 495. The summed E-state index contributed by atoms with van der Waals surface area (Å²) in [7, 11) is 0. The summed E-state index contributed by atoms with van der Waals surface area (Å²) in [4.78, 5) is 21.9. The number of carbonyl (C=O) groups excluding carboxylic acids is 1. The summed E-state index contributed by atoms with van der Waals surface area (Å²) in [6.45, 7) is 1.94. The predicted octanol–water partition coefficient (Wildman–Crippen LogP) is 1.46. The molecule has 0 heterocycles. The zero-order chi connectivity index (χ0) is 12.6. The smallest absolute Gasteiger partial charge is 0.292 e. The third-order valence-electron chi connectivity index (χ3n) is 2.90. The van der Waals surface area contributed by atoms with E-state index in [0.29, 0.717) is 0 Å². The molecule has 0 aromatic heterocycles. The molecule has 3 N–H and O–H groups in total. The van der Waals surface area contributed by atoms with E-state index in [2.05, 4.69) is 5.32 Å². The van der Waals surface area contributed by atoms with Crippen molar-refractivity contribution in [3.8, 4) is 0 Å². The third-order valence-corrected chi connectivity index (χ3v) is 2.90. The molecule has 0 atom stereocenters. The molecule has 1 fully saturated rings. The molecule has 2 rings (SSSR count). The minimum atomic E-state index is -0.592. The van der Waals surface area contributed by atoms with Crippen LogP contribution in [0, 0.1) is 10.1 Å². The Balaban J connectivity index is 2.23. The topological polar surface area (TPSA) is 98.3 Å². The number of nitrogens with zero attached hydrogens (tertiary/aromatic N) is 1. The van der Waals surface area contributed by atoms with Crippen molar-refractivity contribution in [3.63, 3.8) is 0 Å². The number of nitrogen functional groups attached to an aromatic ring is 1. The molecule has 0 bridgehead atoms. The number of amides is 1. The standard InChI is InChI=1S/C11H13N3O3/c1-11(4-5-11)13-10(15)7-2-3-8(12)9(6-7)14(16)17/h2-3,6H,4-5,12H2,1H3,(H,13,15). The van der Waals surface area contributed by atoms with Crippen LogP contribution < -0.4 is 11.1 Å². The number of anilines is 1. The average Bonchev–Trinajstić information content (AvgIpc) is 2.96. The van der Waals surface area contributed by atoms with Crippen LogP contribution in [-0.4, -0.2) is 16.4 Å². The zero-order valence-corrected chi connectivity index (χ0v) is 9.40. The van der Waals surface area contributed by atoms with Gasteiger partial charge in [0.2, 0.25) is 0 Å². The molecular weight excluding hydrogens is 222 g/mol. The minimum absolute atomic E-state index is 0.0594. The van der Waals surface area contributed by atoms with Gasteiger partial charge in [0.25, 0.3) is 11.6 Å². The first-order valence-electron chi connectivity index (χ1n) is 5.28. The summed E-state index contributed by atoms with van der Waals surface area (Å²) < 4.78 is 0. The first-order valence-corrected chi connectivity index (χ1v) is 5.28. The second kappa shape index (κ2) is 3.73. The summed E-state index contributed by atoms with van der Waals surface area (Å²) in [5, 5.41) is 13.5. The number of benzene rings is 1. The molecule has 1 aliphatic rings. The van der Waals surface area contributed by atoms with E-state index in [1.54, 1.807) is 0 Å². The normalized spacial score (nSPS) is 16.3. The number of rotatable bonds is 3. The predicted molar refractivity (Wildman–Crippen MR) is 62.6 cm³/mol. The number of hydrogen-bond acceptors (Lipinski definition) is 4. The van der Waals surface area contributed by atoms with Crippen molar-refractivity contribution in [3.05, 3.63) is 33.9 Å². The van der Waals surface area contributed by atoms with Gasteiger partial charge < -0.3 is 11.1 Å². The van der Waals surface area contributed by atoms with Crippen molar-refractivity contribution in [1.29, 1.82) is 0 Å². The molecule has 6 heteroatoms. The Morgan fingerprint density at radius 3 is 2.71 bits per heavy atom. The van der Waals surface area contributed by atoms with Gasteiger partial charge in [-0.15, -0.1) is 0 Å². The van der Waals surface area contributed by atoms with Crippen LogP contribution in [0.3, 0.4) is 0 Å². The van der Waals surface area contributed by atoms with Crippen LogP contribution in [0.25, 0.3) is 0 Å². The number of nitro benzene ring substituents is 1. The van der Waals surface area contributed by atoms with Crippen molar-refractivity contribution in [2.75, 3.05) is 5.73 Å². The summed E-state index contributed by atoms with van der Waals surface area (Å²) in [6, 6.07) is 4.07. The van der Waals surface area contributed by atoms with Gasteiger partial charge in [0.05, 0.1) is 4.92 Å². The lowest BCUT2D eigenvalue weighted by atomic mass is 10.1. The molecule has 0 aliphatic heterocycles. The van der Waals surface area contributed by atoms with Gasteiger partial charge >= 0.3 is 0 Å². The molecule has 0 unspecified atom stereocenters. The lowest BCUT2D eigenvalue weighted by Gasteiger charge is -2.11. The van der Waals surface area contributed by atoms with E-state index in [1.165, 1.54) is 18.2 Å². The van der Waals surface area contributed by atoms with Gasteiger partial charge in [0.15, 0.2) is 0 Å². The molecule has 0 saturated heterocycles. The molecule has 0 spiro atoms. The fraction of sp³-hybridized carbons (Fsp3) is 0.364. The highest BCUT2D eigenvalue weighted by Gasteiger charge is 2.38. The maximum Gasteiger partial charge on any atom is 0.292 e. The van der Waals surface area contributed by atoms with Crippen LogP contribution in [0.1, 0.15) is 30.1 Å². The highest BCUT2D eigenvalue weighted by Crippen LogP contribution is 2.34. The molecule has 90 valence electrons. The second-order valence-electron chi connectivity index (χ2n) is 4.55. The molecule has 1 saturated carbocycles. The highest BCUT2D eigenvalue weighted by molar-refractivity contribution is 5.96. The minimum Gasteiger partial charge on any atom is -0.393 e. The van der Waals surface area contributed by atoms with Gasteiger partial charge in [-0.3, -0.25) is 14.9 Å². The summed E-state index contributed by atoms with van der Waals surface area (Å²) in [5.41, 5.74) is 5.40. The van der Waals surface area contributed by atoms with Crippen LogP contribution in [0.5, 0.6) is 0 Å². The van der Waals surface area contributed by atoms with Crippen LogP contribution in [0.4, 0.5) is 11.4 Å². The maximum absolute atomic E-state index is 11.8. The van der Waals surface area contributed by atoms with Crippen molar-refractivity contribution in [1.82, 2.24) is 5.32 Å². The van der Waals surface area contributed by atoms with Gasteiger partial charge in [0, 0.05) is 17.2 Å². The van der Waals surface area contributed by atoms with Crippen molar-refractivity contribution in [2.24, 2.45) is 0 Å². The van der Waals surface area contributed by atoms with E-state index in [0.717, 1.165) is 12.8 Å². The number of carbonyl (C=O) groups is 1. The lowest BCUT2D eigenvalue weighted by molar-refractivity contribution is -0.383. The van der Waals surface area contributed by atoms with Crippen LogP contribution in [0.15, 0.2) is 18.2 Å². The van der Waals surface area contributed by atoms with E-state index in [-0.39, 0.29) is 28.4 Å². The molecule has 6 nitrogen and oxygen atoms in total. The van der Waals surface area contributed by atoms with Gasteiger partial charge in [0.1, 0.15) is 5.69 Å². The first kappa shape index (κ1) is 11.4. The lowest BCUT2D eigenvalue weighted by Crippen LogP contribution is -2.34. The zero-order valence-electron chi connectivity index (χ0n) is 9.40. The van der Waals surface area contributed by atoms with Crippen LogP contribution in [0.2, 0.25) is 0 Å². The number of nitro groups is 1. The summed E-state index contributed by atoms with van der Waals surface area (Å²) in [6.07, 6.45) is 1.88. The van der Waals surface area contributed by atoms with Crippen LogP contribution in [-0.2, 0) is 0 Å². The Morgan fingerprint density at radius 1 is 1.53 bits per heavy atom. The van der Waals surface area contributed by atoms with Gasteiger partial charge in [-0.1, -0.05) is 0 Å². The maximum atomic E-state index is 11.8. The summed E-state index contributed by atoms with van der Waals surface area (Å²) in [5.74, 6) is -0.298. The number of hydrogen-bond donors (Lipinski definition) is 2. The average molecular weight is 235 g/mol. The number of nitrogens with one attached hydrogen (secondary N) is 1. The van der Waals surface area contributed by atoms with Crippen molar-refractivity contribution >= 4 is 17.3 Å². The molecule has 1 aliphatic carbocycles. The van der Waals surface area contributed by atoms with E-state index in [1.807, 2.05) is 6.92 Å². The fourth-order valence-electron chi connectivity index (χ4n) is 1.50. The van der Waals surface area contributed by atoms with E-state index in [9.17, 15) is 14.9 Å². The Hall–Kier alpha value is -2.11. The third kappa shape index (κ3) is 2.35. The fourth-order valence-corrected chi connectivity index (χ4v) is 1.50. The van der Waals surface area contributed by atoms with Gasteiger partial charge in [-0.2, -0.15) is 0 Å². The molecule has 1 amide bonds. The van der Waals surface area contributed by atoms with E-state index >= 15 is 0 Å². The molecule has 1 aromatic carbocycles. The highest BCUT2D eigenvalue weighted by atomic mass is 16.6. The van der Waals surface area contributed by atoms with E-state index in [4.69, 9.17) is 5.73 Å². The Morgan fingerprint density at radius 2 is 2.18 bits per heavy atom. The molecule has 1 aromatic rings. The van der Waals surface area contributed by atoms with Gasteiger partial charge in [-0.25, -0.2) is 0 Å². The molecule has 0 radical (unpaired) electrons. The summed E-state index contributed by atoms with van der Waals surface area (Å²) >= 11 is 0. The molecule has 17 heavy (non-hydrogen) atoms.